The van der Waals surface area contributed by atoms with Crippen molar-refractivity contribution in [2.24, 2.45) is 0 Å². The van der Waals surface area contributed by atoms with Gasteiger partial charge in [-0.3, -0.25) is 4.79 Å². The Kier molecular flexibility index (Phi) is 4.49. The Morgan fingerprint density at radius 2 is 2.20 bits per heavy atom. The minimum absolute atomic E-state index is 0.213. The topological polar surface area (TPSA) is 60.5 Å². The van der Waals surface area contributed by atoms with E-state index in [0.717, 1.165) is 0 Å². The fraction of sp³-hybridized carbons (Fsp3) is 0.143. The van der Waals surface area contributed by atoms with E-state index in [2.05, 4.69) is 10.3 Å². The summed E-state index contributed by atoms with van der Waals surface area (Å²) in [7, 11) is 1.51. The molecule has 1 aromatic carbocycles. The molecule has 0 aliphatic rings. The molecule has 0 bridgehead atoms. The van der Waals surface area contributed by atoms with Gasteiger partial charge in [0, 0.05) is 12.1 Å². The van der Waals surface area contributed by atoms with Crippen LogP contribution in [0.3, 0.4) is 0 Å². The molecule has 0 saturated heterocycles. The number of anilines is 1. The van der Waals surface area contributed by atoms with E-state index in [9.17, 15) is 9.18 Å². The largest absolute Gasteiger partial charge is 0.484 e. The molecule has 6 heteroatoms. The summed E-state index contributed by atoms with van der Waals surface area (Å²) >= 11 is 0. The minimum atomic E-state index is -0.415. The van der Waals surface area contributed by atoms with E-state index in [1.54, 1.807) is 18.2 Å². The molecule has 0 atom stereocenters. The second kappa shape index (κ2) is 6.51. The number of carbonyl (C=O) groups is 1. The zero-order valence-corrected chi connectivity index (χ0v) is 10.8. The average Bonchev–Trinajstić information content (AvgIpc) is 2.46. The predicted molar refractivity (Wildman–Crippen MR) is 71.3 cm³/mol. The van der Waals surface area contributed by atoms with Crippen molar-refractivity contribution >= 4 is 11.6 Å². The van der Waals surface area contributed by atoms with Gasteiger partial charge in [0.05, 0.1) is 19.0 Å². The van der Waals surface area contributed by atoms with Gasteiger partial charge in [0.15, 0.2) is 6.61 Å². The molecule has 1 aromatic heterocycles. The van der Waals surface area contributed by atoms with Gasteiger partial charge in [0.25, 0.3) is 5.91 Å². The SMILES string of the molecule is COc1ccc(NC(=O)COc2cccc(F)c2)cn1. The lowest BCUT2D eigenvalue weighted by Gasteiger charge is -2.07. The first-order valence-corrected chi connectivity index (χ1v) is 5.85. The van der Waals surface area contributed by atoms with Crippen LogP contribution in [0.25, 0.3) is 0 Å². The summed E-state index contributed by atoms with van der Waals surface area (Å²) in [6.07, 6.45) is 1.47. The van der Waals surface area contributed by atoms with Crippen molar-refractivity contribution in [1.29, 1.82) is 0 Å². The molecule has 20 heavy (non-hydrogen) atoms. The van der Waals surface area contributed by atoms with Crippen molar-refractivity contribution in [2.75, 3.05) is 19.0 Å². The molecule has 0 saturated carbocycles. The highest BCUT2D eigenvalue weighted by molar-refractivity contribution is 5.91. The highest BCUT2D eigenvalue weighted by atomic mass is 19.1. The summed E-state index contributed by atoms with van der Waals surface area (Å²) in [5, 5.41) is 2.60. The molecule has 104 valence electrons. The van der Waals surface area contributed by atoms with E-state index < -0.39 is 5.82 Å². The Balaban J connectivity index is 1.85. The van der Waals surface area contributed by atoms with E-state index >= 15 is 0 Å². The van der Waals surface area contributed by atoms with Gasteiger partial charge in [-0.15, -0.1) is 0 Å². The number of amides is 1. The number of halogens is 1. The third-order valence-corrected chi connectivity index (χ3v) is 2.40. The Morgan fingerprint density at radius 3 is 2.85 bits per heavy atom. The Labute approximate surface area is 115 Å². The van der Waals surface area contributed by atoms with Crippen molar-refractivity contribution in [3.8, 4) is 11.6 Å². The van der Waals surface area contributed by atoms with Crippen LogP contribution in [0.5, 0.6) is 11.6 Å². The predicted octanol–water partition coefficient (Wildman–Crippen LogP) is 2.25. The maximum Gasteiger partial charge on any atom is 0.262 e. The van der Waals surface area contributed by atoms with Gasteiger partial charge in [-0.2, -0.15) is 0 Å². The summed E-state index contributed by atoms with van der Waals surface area (Å²) < 4.78 is 23.0. The summed E-state index contributed by atoms with van der Waals surface area (Å²) in [5.74, 6) is -0.0180. The first-order chi connectivity index (χ1) is 9.67. The monoisotopic (exact) mass is 276 g/mol. The molecule has 5 nitrogen and oxygen atoms in total. The highest BCUT2D eigenvalue weighted by Crippen LogP contribution is 2.13. The summed E-state index contributed by atoms with van der Waals surface area (Å²) in [5.41, 5.74) is 0.527. The van der Waals surface area contributed by atoms with Crippen molar-refractivity contribution < 1.29 is 18.7 Å². The fourth-order valence-electron chi connectivity index (χ4n) is 1.48. The van der Waals surface area contributed by atoms with Crippen molar-refractivity contribution in [3.63, 3.8) is 0 Å². The number of nitrogens with zero attached hydrogens (tertiary/aromatic N) is 1. The lowest BCUT2D eigenvalue weighted by atomic mass is 10.3. The average molecular weight is 276 g/mol. The second-order valence-corrected chi connectivity index (χ2v) is 3.88. The number of hydrogen-bond acceptors (Lipinski definition) is 4. The van der Waals surface area contributed by atoms with Crippen LogP contribution in [0.2, 0.25) is 0 Å². The lowest BCUT2D eigenvalue weighted by Crippen LogP contribution is -2.20. The maximum absolute atomic E-state index is 12.9. The molecule has 0 radical (unpaired) electrons. The van der Waals surface area contributed by atoms with Crippen LogP contribution in [-0.4, -0.2) is 24.6 Å². The van der Waals surface area contributed by atoms with E-state index in [1.165, 1.54) is 31.5 Å². The number of hydrogen-bond donors (Lipinski definition) is 1. The number of methoxy groups -OCH3 is 1. The molecule has 0 aliphatic heterocycles. The standard InChI is InChI=1S/C14H13FN2O3/c1-19-14-6-5-11(8-16-14)17-13(18)9-20-12-4-2-3-10(15)7-12/h2-8H,9H2,1H3,(H,17,18). The Bertz CT molecular complexity index is 587. The number of carbonyl (C=O) groups excluding carboxylic acids is 1. The second-order valence-electron chi connectivity index (χ2n) is 3.88. The molecule has 1 heterocycles. The van der Waals surface area contributed by atoms with Crippen LogP contribution in [-0.2, 0) is 4.79 Å². The highest BCUT2D eigenvalue weighted by Gasteiger charge is 2.05. The smallest absolute Gasteiger partial charge is 0.262 e. The van der Waals surface area contributed by atoms with Gasteiger partial charge < -0.3 is 14.8 Å². The van der Waals surface area contributed by atoms with Crippen molar-refractivity contribution in [3.05, 3.63) is 48.4 Å². The molecular formula is C14H13FN2O3. The number of pyridine rings is 1. The van der Waals surface area contributed by atoms with Crippen molar-refractivity contribution in [1.82, 2.24) is 4.98 Å². The van der Waals surface area contributed by atoms with E-state index in [1.807, 2.05) is 0 Å². The van der Waals surface area contributed by atoms with E-state index in [0.29, 0.717) is 17.3 Å². The van der Waals surface area contributed by atoms with Crippen LogP contribution in [0.1, 0.15) is 0 Å². The van der Waals surface area contributed by atoms with Gasteiger partial charge >= 0.3 is 0 Å². The van der Waals surface area contributed by atoms with Gasteiger partial charge in [-0.05, 0) is 18.2 Å². The van der Waals surface area contributed by atoms with E-state index in [-0.39, 0.29) is 12.5 Å². The van der Waals surface area contributed by atoms with Gasteiger partial charge in [0.1, 0.15) is 11.6 Å². The van der Waals surface area contributed by atoms with Gasteiger partial charge in [0.2, 0.25) is 5.88 Å². The van der Waals surface area contributed by atoms with Crippen LogP contribution in [0, 0.1) is 5.82 Å². The number of benzene rings is 1. The normalized spacial score (nSPS) is 9.90. The van der Waals surface area contributed by atoms with E-state index in [4.69, 9.17) is 9.47 Å². The molecule has 0 aliphatic carbocycles. The minimum Gasteiger partial charge on any atom is -0.484 e. The molecule has 1 amide bonds. The van der Waals surface area contributed by atoms with Crippen LogP contribution in [0.15, 0.2) is 42.6 Å². The first kappa shape index (κ1) is 13.8. The lowest BCUT2D eigenvalue weighted by molar-refractivity contribution is -0.118. The summed E-state index contributed by atoms with van der Waals surface area (Å²) in [6, 6.07) is 8.88. The third-order valence-electron chi connectivity index (χ3n) is 2.40. The summed E-state index contributed by atoms with van der Waals surface area (Å²) in [6.45, 7) is -0.213. The van der Waals surface area contributed by atoms with Crippen molar-refractivity contribution in [2.45, 2.75) is 0 Å². The molecule has 0 fully saturated rings. The zero-order chi connectivity index (χ0) is 14.4. The third kappa shape index (κ3) is 3.94. The number of ether oxygens (including phenoxy) is 2. The fourth-order valence-corrected chi connectivity index (χ4v) is 1.48. The summed E-state index contributed by atoms with van der Waals surface area (Å²) in [4.78, 5) is 15.6. The number of aromatic nitrogens is 1. The molecule has 2 aromatic rings. The molecular weight excluding hydrogens is 263 g/mol. The molecule has 1 N–H and O–H groups in total. The van der Waals surface area contributed by atoms with Gasteiger partial charge in [-0.1, -0.05) is 6.07 Å². The van der Waals surface area contributed by atoms with Crippen LogP contribution < -0.4 is 14.8 Å². The Morgan fingerprint density at radius 1 is 1.35 bits per heavy atom. The van der Waals surface area contributed by atoms with Crippen LogP contribution in [0.4, 0.5) is 10.1 Å². The number of nitrogens with one attached hydrogen (secondary N) is 1. The quantitative estimate of drug-likeness (QED) is 0.909. The van der Waals surface area contributed by atoms with Gasteiger partial charge in [-0.25, -0.2) is 9.37 Å². The Hall–Kier alpha value is -2.63. The molecule has 0 unspecified atom stereocenters. The maximum atomic E-state index is 12.9. The zero-order valence-electron chi connectivity index (χ0n) is 10.8. The van der Waals surface area contributed by atoms with Crippen LogP contribution >= 0.6 is 0 Å². The molecule has 2 rings (SSSR count). The molecule has 0 spiro atoms. The first-order valence-electron chi connectivity index (χ1n) is 5.85. The number of rotatable bonds is 5.